The third-order valence-corrected chi connectivity index (χ3v) is 8.97. The zero-order valence-corrected chi connectivity index (χ0v) is 27.8. The van der Waals surface area contributed by atoms with E-state index in [4.69, 9.17) is 0 Å². The van der Waals surface area contributed by atoms with Crippen molar-refractivity contribution in [2.75, 3.05) is 13.7 Å². The number of hydrogen-bond acceptors (Lipinski definition) is 6. The number of amides is 2. The second kappa shape index (κ2) is 25.8. The number of aliphatic carboxylic acids is 1. The Balaban J connectivity index is 1.92. The molecule has 1 atom stereocenters. The van der Waals surface area contributed by atoms with Gasteiger partial charge in [-0.15, -0.1) is 0 Å². The summed E-state index contributed by atoms with van der Waals surface area (Å²) in [5, 5.41) is 15.0. The summed E-state index contributed by atoms with van der Waals surface area (Å²) in [7, 11) is 1.45. The van der Waals surface area contributed by atoms with Gasteiger partial charge in [-0.25, -0.2) is 4.79 Å². The first-order valence-corrected chi connectivity index (χ1v) is 17.6. The molecule has 2 amide bonds. The molecule has 9 heteroatoms. The van der Waals surface area contributed by atoms with E-state index < -0.39 is 12.0 Å². The van der Waals surface area contributed by atoms with Crippen LogP contribution in [0.2, 0.25) is 0 Å². The Morgan fingerprint density at radius 1 is 0.682 bits per heavy atom. The number of nitrogens with one attached hydrogen (secondary N) is 2. The van der Waals surface area contributed by atoms with Crippen LogP contribution in [0.1, 0.15) is 161 Å². The predicted octanol–water partition coefficient (Wildman–Crippen LogP) is 7.04. The zero-order chi connectivity index (χ0) is 32.4. The monoisotopic (exact) mass is 622 g/mol. The van der Waals surface area contributed by atoms with Gasteiger partial charge in [0.15, 0.2) is 0 Å². The van der Waals surface area contributed by atoms with Crippen LogP contribution in [0, 0.1) is 11.8 Å². The minimum Gasteiger partial charge on any atom is -0.480 e. The SMILES string of the molecule is COC(=O)CCCCCCCCCCCCCCCCCCC(=O)NC[C@H]1CC[C@H](C(=O)N[C@@H](CCC(C)=O)C(=O)O)CC1. The van der Waals surface area contributed by atoms with Gasteiger partial charge in [0.1, 0.15) is 11.8 Å². The van der Waals surface area contributed by atoms with Gasteiger partial charge >= 0.3 is 11.9 Å². The minimum atomic E-state index is -1.11. The molecular weight excluding hydrogens is 560 g/mol. The summed E-state index contributed by atoms with van der Waals surface area (Å²) >= 11 is 0. The maximum absolute atomic E-state index is 12.5. The van der Waals surface area contributed by atoms with E-state index in [2.05, 4.69) is 15.4 Å². The highest BCUT2D eigenvalue weighted by atomic mass is 16.5. The zero-order valence-electron chi connectivity index (χ0n) is 27.8. The summed E-state index contributed by atoms with van der Waals surface area (Å²) in [6.45, 7) is 2.05. The van der Waals surface area contributed by atoms with Crippen molar-refractivity contribution in [3.8, 4) is 0 Å². The quantitative estimate of drug-likeness (QED) is 0.0659. The van der Waals surface area contributed by atoms with Crippen molar-refractivity contribution in [1.82, 2.24) is 10.6 Å². The number of ether oxygens (including phenoxy) is 1. The fourth-order valence-electron chi connectivity index (χ4n) is 6.00. The Morgan fingerprint density at radius 2 is 1.14 bits per heavy atom. The Kier molecular flexibility index (Phi) is 23.2. The predicted molar refractivity (Wildman–Crippen MR) is 173 cm³/mol. The molecule has 1 aliphatic rings. The third-order valence-electron chi connectivity index (χ3n) is 8.97. The minimum absolute atomic E-state index is 0.0917. The van der Waals surface area contributed by atoms with E-state index in [1.807, 2.05) is 0 Å². The first-order chi connectivity index (χ1) is 21.2. The number of rotatable bonds is 27. The Labute approximate surface area is 266 Å². The number of esters is 1. The molecule has 0 saturated heterocycles. The molecule has 0 heterocycles. The highest BCUT2D eigenvalue weighted by Gasteiger charge is 2.29. The lowest BCUT2D eigenvalue weighted by Crippen LogP contribution is -2.44. The van der Waals surface area contributed by atoms with Crippen LogP contribution in [-0.4, -0.2) is 54.3 Å². The van der Waals surface area contributed by atoms with Gasteiger partial charge in [-0.1, -0.05) is 89.9 Å². The van der Waals surface area contributed by atoms with Crippen molar-refractivity contribution in [1.29, 1.82) is 0 Å². The summed E-state index contributed by atoms with van der Waals surface area (Å²) in [5.74, 6) is -1.29. The number of carbonyl (C=O) groups excluding carboxylic acids is 4. The normalized spacial score (nSPS) is 17.0. The average molecular weight is 623 g/mol. The fourth-order valence-corrected chi connectivity index (χ4v) is 6.00. The molecule has 44 heavy (non-hydrogen) atoms. The van der Waals surface area contributed by atoms with Crippen LogP contribution in [0.4, 0.5) is 0 Å². The molecule has 0 spiro atoms. The van der Waals surface area contributed by atoms with Crippen LogP contribution in [0.25, 0.3) is 0 Å². The third kappa shape index (κ3) is 21.3. The van der Waals surface area contributed by atoms with Crippen LogP contribution >= 0.6 is 0 Å². The molecule has 1 saturated carbocycles. The lowest BCUT2D eigenvalue weighted by atomic mass is 9.81. The van der Waals surface area contributed by atoms with E-state index in [0.717, 1.165) is 38.5 Å². The summed E-state index contributed by atoms with van der Waals surface area (Å²) in [4.78, 5) is 58.5. The summed E-state index contributed by atoms with van der Waals surface area (Å²) in [6.07, 6.45) is 24.0. The van der Waals surface area contributed by atoms with Crippen molar-refractivity contribution in [2.24, 2.45) is 11.8 Å². The van der Waals surface area contributed by atoms with Gasteiger partial charge in [-0.2, -0.15) is 0 Å². The van der Waals surface area contributed by atoms with Crippen molar-refractivity contribution in [3.05, 3.63) is 0 Å². The molecule has 1 aliphatic carbocycles. The lowest BCUT2D eigenvalue weighted by Gasteiger charge is -2.28. The number of carboxylic acids is 1. The van der Waals surface area contributed by atoms with Crippen LogP contribution < -0.4 is 10.6 Å². The van der Waals surface area contributed by atoms with Gasteiger partial charge in [0.05, 0.1) is 7.11 Å². The van der Waals surface area contributed by atoms with E-state index >= 15 is 0 Å². The van der Waals surface area contributed by atoms with Gasteiger partial charge in [0.25, 0.3) is 0 Å². The van der Waals surface area contributed by atoms with Crippen LogP contribution in [-0.2, 0) is 28.7 Å². The molecule has 1 rings (SSSR count). The summed E-state index contributed by atoms with van der Waals surface area (Å²) in [6, 6.07) is -1.02. The van der Waals surface area contributed by atoms with E-state index in [9.17, 15) is 29.1 Å². The summed E-state index contributed by atoms with van der Waals surface area (Å²) < 4.78 is 4.66. The number of methoxy groups -OCH3 is 1. The van der Waals surface area contributed by atoms with E-state index in [-0.39, 0.29) is 42.3 Å². The molecule has 0 aromatic rings. The molecule has 3 N–H and O–H groups in total. The van der Waals surface area contributed by atoms with Crippen LogP contribution in [0.15, 0.2) is 0 Å². The number of carboxylic acid groups (broad SMARTS) is 1. The first-order valence-electron chi connectivity index (χ1n) is 17.6. The van der Waals surface area contributed by atoms with Crippen molar-refractivity contribution < 1.29 is 33.8 Å². The van der Waals surface area contributed by atoms with Gasteiger partial charge in [-0.3, -0.25) is 14.4 Å². The maximum atomic E-state index is 12.5. The first kappa shape index (κ1) is 39.6. The maximum Gasteiger partial charge on any atom is 0.326 e. The number of hydrogen-bond donors (Lipinski definition) is 3. The lowest BCUT2D eigenvalue weighted by molar-refractivity contribution is -0.143. The number of carbonyl (C=O) groups is 5. The molecule has 0 radical (unpaired) electrons. The van der Waals surface area contributed by atoms with Crippen molar-refractivity contribution in [2.45, 2.75) is 167 Å². The molecule has 0 unspecified atom stereocenters. The topological polar surface area (TPSA) is 139 Å². The molecule has 254 valence electrons. The van der Waals surface area contributed by atoms with E-state index in [1.54, 1.807) is 0 Å². The van der Waals surface area contributed by atoms with Gasteiger partial charge in [0.2, 0.25) is 11.8 Å². The van der Waals surface area contributed by atoms with Crippen molar-refractivity contribution >= 4 is 29.5 Å². The molecule has 9 nitrogen and oxygen atoms in total. The number of Topliss-reactive ketones (excluding diaryl/α,β-unsaturated/α-hetero) is 1. The Hall–Kier alpha value is -2.45. The standard InChI is InChI=1S/C35H62N2O7/c1-28(38)21-26-31(35(42)43)37-34(41)30-24-22-29(23-25-30)27-36-32(39)19-17-15-13-11-9-7-5-3-4-6-8-10-12-14-16-18-20-33(40)44-2/h29-31H,3-27H2,1-2H3,(H,36,39)(H,37,41)(H,42,43)/t29-,30-,31-/m0/s1. The second-order valence-electron chi connectivity index (χ2n) is 12.9. The Morgan fingerprint density at radius 3 is 1.57 bits per heavy atom. The molecular formula is C35H62N2O7. The number of unbranched alkanes of at least 4 members (excludes halogenated alkanes) is 15. The highest BCUT2D eigenvalue weighted by Crippen LogP contribution is 2.29. The smallest absolute Gasteiger partial charge is 0.326 e. The second-order valence-corrected chi connectivity index (χ2v) is 12.9. The fraction of sp³-hybridized carbons (Fsp3) is 0.857. The van der Waals surface area contributed by atoms with Gasteiger partial charge in [-0.05, 0) is 57.8 Å². The highest BCUT2D eigenvalue weighted by molar-refractivity contribution is 5.85. The van der Waals surface area contributed by atoms with Crippen LogP contribution in [0.3, 0.4) is 0 Å². The molecule has 1 fully saturated rings. The van der Waals surface area contributed by atoms with Crippen LogP contribution in [0.5, 0.6) is 0 Å². The van der Waals surface area contributed by atoms with E-state index in [1.165, 1.54) is 91.1 Å². The average Bonchev–Trinajstić information content (AvgIpc) is 3.01. The van der Waals surface area contributed by atoms with E-state index in [0.29, 0.717) is 38.1 Å². The molecule has 0 bridgehead atoms. The Bertz CT molecular complexity index is 824. The van der Waals surface area contributed by atoms with Crippen molar-refractivity contribution in [3.63, 3.8) is 0 Å². The summed E-state index contributed by atoms with van der Waals surface area (Å²) in [5.41, 5.74) is 0. The largest absolute Gasteiger partial charge is 0.480 e. The molecule has 0 aromatic heterocycles. The molecule has 0 aliphatic heterocycles. The van der Waals surface area contributed by atoms with Gasteiger partial charge in [0, 0.05) is 31.7 Å². The number of ketones is 1. The van der Waals surface area contributed by atoms with Gasteiger partial charge < -0.3 is 25.3 Å². The molecule has 0 aromatic carbocycles.